The molecule has 1 unspecified atom stereocenters. The predicted octanol–water partition coefficient (Wildman–Crippen LogP) is 1.54. The number of H-pyrrole nitrogens is 1. The standard InChI is InChI=1S/C19H23N3O4/c1-12(23)21-17(9-14-10-20-16-7-3-2-6-15(14)16)18(24)22-8-4-5-13(11-22)19(25)26/h2-3,6-7,10,13,17,20H,4-5,8-9,11H2,1H3,(H,21,23)(H,25,26)/t13-,17?/m0/s1. The molecule has 1 aliphatic rings. The van der Waals surface area contributed by atoms with E-state index in [9.17, 15) is 19.5 Å². The zero-order chi connectivity index (χ0) is 18.7. The van der Waals surface area contributed by atoms with Crippen LogP contribution in [0.5, 0.6) is 0 Å². The number of hydrogen-bond acceptors (Lipinski definition) is 3. The largest absolute Gasteiger partial charge is 0.481 e. The van der Waals surface area contributed by atoms with Gasteiger partial charge in [-0.05, 0) is 24.5 Å². The van der Waals surface area contributed by atoms with Crippen molar-refractivity contribution in [1.29, 1.82) is 0 Å². The second-order valence-corrected chi connectivity index (χ2v) is 6.78. The molecule has 3 rings (SSSR count). The number of carbonyl (C=O) groups excluding carboxylic acids is 2. The summed E-state index contributed by atoms with van der Waals surface area (Å²) in [7, 11) is 0. The molecule has 2 heterocycles. The van der Waals surface area contributed by atoms with Crippen LogP contribution in [-0.4, -0.2) is 51.9 Å². The minimum Gasteiger partial charge on any atom is -0.481 e. The molecule has 1 aromatic heterocycles. The van der Waals surface area contributed by atoms with Crippen LogP contribution in [0, 0.1) is 5.92 Å². The fourth-order valence-electron chi connectivity index (χ4n) is 3.57. The van der Waals surface area contributed by atoms with Gasteiger partial charge in [-0.3, -0.25) is 14.4 Å². The lowest BCUT2D eigenvalue weighted by Gasteiger charge is -2.33. The van der Waals surface area contributed by atoms with E-state index in [1.54, 1.807) is 4.90 Å². The Morgan fingerprint density at radius 1 is 1.35 bits per heavy atom. The van der Waals surface area contributed by atoms with Crippen LogP contribution in [0.25, 0.3) is 10.9 Å². The lowest BCUT2D eigenvalue weighted by atomic mass is 9.96. The molecule has 1 aliphatic heterocycles. The number of nitrogens with zero attached hydrogens (tertiary/aromatic N) is 1. The molecule has 0 radical (unpaired) electrons. The second kappa shape index (κ2) is 7.59. The first-order chi connectivity index (χ1) is 12.5. The Bertz CT molecular complexity index is 829. The van der Waals surface area contributed by atoms with Crippen LogP contribution in [0.15, 0.2) is 30.5 Å². The summed E-state index contributed by atoms with van der Waals surface area (Å²) < 4.78 is 0. The lowest BCUT2D eigenvalue weighted by Crippen LogP contribution is -2.52. The van der Waals surface area contributed by atoms with Crippen molar-refractivity contribution in [2.45, 2.75) is 32.2 Å². The van der Waals surface area contributed by atoms with E-state index in [1.807, 2.05) is 30.5 Å². The molecule has 3 N–H and O–H groups in total. The molecule has 2 amide bonds. The number of rotatable bonds is 5. The number of piperidine rings is 1. The SMILES string of the molecule is CC(=O)NC(Cc1c[nH]c2ccccc12)C(=O)N1CCC[C@H](C(=O)O)C1. The Kier molecular flexibility index (Phi) is 5.25. The highest BCUT2D eigenvalue weighted by molar-refractivity contribution is 5.89. The predicted molar refractivity (Wildman–Crippen MR) is 96.5 cm³/mol. The number of hydrogen-bond donors (Lipinski definition) is 3. The number of para-hydroxylation sites is 1. The van der Waals surface area contributed by atoms with Gasteiger partial charge >= 0.3 is 5.97 Å². The van der Waals surface area contributed by atoms with Crippen molar-refractivity contribution in [1.82, 2.24) is 15.2 Å². The van der Waals surface area contributed by atoms with Gasteiger partial charge in [-0.15, -0.1) is 0 Å². The molecule has 2 atom stereocenters. The van der Waals surface area contributed by atoms with Crippen molar-refractivity contribution in [2.24, 2.45) is 5.92 Å². The van der Waals surface area contributed by atoms with Crippen molar-refractivity contribution < 1.29 is 19.5 Å². The number of carbonyl (C=O) groups is 3. The summed E-state index contributed by atoms with van der Waals surface area (Å²) in [6.45, 7) is 2.09. The minimum atomic E-state index is -0.879. The Balaban J connectivity index is 1.80. The Morgan fingerprint density at radius 2 is 2.12 bits per heavy atom. The molecule has 0 saturated carbocycles. The third-order valence-corrected chi connectivity index (χ3v) is 4.86. The number of carboxylic acid groups (broad SMARTS) is 1. The molecular weight excluding hydrogens is 334 g/mol. The lowest BCUT2D eigenvalue weighted by molar-refractivity contribution is -0.146. The van der Waals surface area contributed by atoms with Gasteiger partial charge < -0.3 is 20.3 Å². The zero-order valence-electron chi connectivity index (χ0n) is 14.7. The Morgan fingerprint density at radius 3 is 2.85 bits per heavy atom. The van der Waals surface area contributed by atoms with Crippen LogP contribution in [0.3, 0.4) is 0 Å². The first kappa shape index (κ1) is 18.0. The number of aliphatic carboxylic acids is 1. The van der Waals surface area contributed by atoms with Gasteiger partial charge in [-0.25, -0.2) is 0 Å². The maximum Gasteiger partial charge on any atom is 0.308 e. The molecule has 1 aromatic carbocycles. The van der Waals surface area contributed by atoms with Crippen LogP contribution in [0.1, 0.15) is 25.3 Å². The third kappa shape index (κ3) is 3.87. The number of benzene rings is 1. The second-order valence-electron chi connectivity index (χ2n) is 6.78. The van der Waals surface area contributed by atoms with Gasteiger partial charge in [0.05, 0.1) is 5.92 Å². The van der Waals surface area contributed by atoms with Gasteiger partial charge in [0, 0.05) is 43.5 Å². The summed E-state index contributed by atoms with van der Waals surface area (Å²) in [5.74, 6) is -1.93. The third-order valence-electron chi connectivity index (χ3n) is 4.86. The maximum atomic E-state index is 13.0. The smallest absolute Gasteiger partial charge is 0.308 e. The molecule has 2 aromatic rings. The first-order valence-electron chi connectivity index (χ1n) is 8.79. The number of amides is 2. The quantitative estimate of drug-likeness (QED) is 0.755. The molecule has 26 heavy (non-hydrogen) atoms. The summed E-state index contributed by atoms with van der Waals surface area (Å²) in [5, 5.41) is 13.0. The van der Waals surface area contributed by atoms with E-state index in [2.05, 4.69) is 10.3 Å². The molecule has 1 fully saturated rings. The van der Waals surface area contributed by atoms with Crippen molar-refractivity contribution in [3.8, 4) is 0 Å². The van der Waals surface area contributed by atoms with Crippen LogP contribution in [0.4, 0.5) is 0 Å². The van der Waals surface area contributed by atoms with Crippen molar-refractivity contribution in [3.05, 3.63) is 36.0 Å². The normalized spacial score (nSPS) is 18.5. The molecule has 138 valence electrons. The molecular formula is C19H23N3O4. The summed E-state index contributed by atoms with van der Waals surface area (Å²) in [6, 6.07) is 7.07. The summed E-state index contributed by atoms with van der Waals surface area (Å²) in [6.07, 6.45) is 3.44. The monoisotopic (exact) mass is 357 g/mol. The van der Waals surface area contributed by atoms with Crippen LogP contribution in [-0.2, 0) is 20.8 Å². The van der Waals surface area contributed by atoms with Crippen LogP contribution >= 0.6 is 0 Å². The molecule has 7 nitrogen and oxygen atoms in total. The molecule has 0 spiro atoms. The van der Waals surface area contributed by atoms with Crippen molar-refractivity contribution in [2.75, 3.05) is 13.1 Å². The van der Waals surface area contributed by atoms with Crippen molar-refractivity contribution in [3.63, 3.8) is 0 Å². The fraction of sp³-hybridized carbons (Fsp3) is 0.421. The van der Waals surface area contributed by atoms with E-state index in [0.717, 1.165) is 16.5 Å². The van der Waals surface area contributed by atoms with E-state index < -0.39 is 17.9 Å². The van der Waals surface area contributed by atoms with Gasteiger partial charge in [-0.1, -0.05) is 18.2 Å². The summed E-state index contributed by atoms with van der Waals surface area (Å²) >= 11 is 0. The molecule has 7 heteroatoms. The summed E-state index contributed by atoms with van der Waals surface area (Å²) in [5.41, 5.74) is 1.92. The van der Waals surface area contributed by atoms with E-state index >= 15 is 0 Å². The molecule has 0 bridgehead atoms. The van der Waals surface area contributed by atoms with Gasteiger partial charge in [-0.2, -0.15) is 0 Å². The van der Waals surface area contributed by atoms with E-state index in [0.29, 0.717) is 25.8 Å². The highest BCUT2D eigenvalue weighted by atomic mass is 16.4. The van der Waals surface area contributed by atoms with Crippen LogP contribution in [0.2, 0.25) is 0 Å². The number of nitrogens with one attached hydrogen (secondary N) is 2. The number of aromatic amines is 1. The highest BCUT2D eigenvalue weighted by Crippen LogP contribution is 2.21. The van der Waals surface area contributed by atoms with Gasteiger partial charge in [0.1, 0.15) is 6.04 Å². The van der Waals surface area contributed by atoms with Gasteiger partial charge in [0.25, 0.3) is 0 Å². The van der Waals surface area contributed by atoms with Gasteiger partial charge in [0.2, 0.25) is 11.8 Å². The maximum absolute atomic E-state index is 13.0. The van der Waals surface area contributed by atoms with E-state index in [1.165, 1.54) is 6.92 Å². The fourth-order valence-corrected chi connectivity index (χ4v) is 3.57. The summed E-state index contributed by atoms with van der Waals surface area (Å²) in [4.78, 5) is 40.6. The Labute approximate surface area is 151 Å². The van der Waals surface area contributed by atoms with Crippen LogP contribution < -0.4 is 5.32 Å². The molecule has 1 saturated heterocycles. The first-order valence-corrected chi connectivity index (χ1v) is 8.79. The average molecular weight is 357 g/mol. The van der Waals surface area contributed by atoms with E-state index in [-0.39, 0.29) is 18.4 Å². The average Bonchev–Trinajstić information content (AvgIpc) is 3.03. The minimum absolute atomic E-state index is 0.193. The topological polar surface area (TPSA) is 103 Å². The highest BCUT2D eigenvalue weighted by Gasteiger charge is 2.32. The number of fused-ring (bicyclic) bond motifs is 1. The zero-order valence-corrected chi connectivity index (χ0v) is 14.7. The number of carboxylic acids is 1. The molecule has 0 aliphatic carbocycles. The number of aromatic nitrogens is 1. The Hall–Kier alpha value is -2.83. The van der Waals surface area contributed by atoms with Gasteiger partial charge in [0.15, 0.2) is 0 Å². The number of likely N-dealkylation sites (tertiary alicyclic amines) is 1. The van der Waals surface area contributed by atoms with E-state index in [4.69, 9.17) is 0 Å². The van der Waals surface area contributed by atoms with Crippen molar-refractivity contribution >= 4 is 28.7 Å².